The van der Waals surface area contributed by atoms with Crippen LogP contribution in [-0.4, -0.2) is 29.2 Å². The van der Waals surface area contributed by atoms with E-state index in [1.165, 1.54) is 0 Å². The summed E-state index contributed by atoms with van der Waals surface area (Å²) in [5.41, 5.74) is 0. The standard InChI is InChI=1S/C6H10NO3/c8-6(9)5-2-1-3-7(10)4-5/h5H,1-4H2,(H,8,9)/q-1. The second-order valence-electron chi connectivity index (χ2n) is 2.57. The van der Waals surface area contributed by atoms with Crippen molar-refractivity contribution in [3.63, 3.8) is 0 Å². The third-order valence-electron chi connectivity index (χ3n) is 1.73. The molecule has 4 nitrogen and oxygen atoms in total. The van der Waals surface area contributed by atoms with Gasteiger partial charge in [-0.3, -0.25) is 4.79 Å². The highest BCUT2D eigenvalue weighted by Gasteiger charge is 2.20. The van der Waals surface area contributed by atoms with Gasteiger partial charge in [-0.1, -0.05) is 0 Å². The average Bonchev–Trinajstić information content (AvgIpc) is 1.88. The minimum atomic E-state index is -0.847. The molecule has 0 aromatic rings. The summed E-state index contributed by atoms with van der Waals surface area (Å²) in [5, 5.41) is 19.9. The monoisotopic (exact) mass is 144 g/mol. The Bertz CT molecular complexity index is 137. The molecule has 1 heterocycles. The van der Waals surface area contributed by atoms with Gasteiger partial charge in [0.25, 0.3) is 0 Å². The molecule has 0 aromatic heterocycles. The molecule has 1 saturated heterocycles. The number of carboxylic acid groups (broad SMARTS) is 1. The summed E-state index contributed by atoms with van der Waals surface area (Å²) in [4.78, 5) is 10.3. The van der Waals surface area contributed by atoms with E-state index in [0.717, 1.165) is 5.06 Å². The molecule has 1 fully saturated rings. The van der Waals surface area contributed by atoms with Crippen molar-refractivity contribution in [2.75, 3.05) is 13.1 Å². The van der Waals surface area contributed by atoms with Crippen molar-refractivity contribution < 1.29 is 9.90 Å². The summed E-state index contributed by atoms with van der Waals surface area (Å²) in [6, 6.07) is 0. The fourth-order valence-electron chi connectivity index (χ4n) is 1.14. The molecule has 10 heavy (non-hydrogen) atoms. The van der Waals surface area contributed by atoms with Gasteiger partial charge in [0, 0.05) is 0 Å². The fourth-order valence-corrected chi connectivity index (χ4v) is 1.14. The van der Waals surface area contributed by atoms with Crippen LogP contribution in [0.25, 0.3) is 0 Å². The third kappa shape index (κ3) is 1.68. The Kier molecular flexibility index (Phi) is 2.24. The van der Waals surface area contributed by atoms with E-state index in [0.29, 0.717) is 19.4 Å². The van der Waals surface area contributed by atoms with Gasteiger partial charge in [0.2, 0.25) is 0 Å². The molecule has 0 bridgehead atoms. The molecule has 58 valence electrons. The molecule has 1 N–H and O–H groups in total. The number of hydrogen-bond donors (Lipinski definition) is 1. The van der Waals surface area contributed by atoms with Crippen LogP contribution in [0.3, 0.4) is 0 Å². The van der Waals surface area contributed by atoms with E-state index < -0.39 is 11.9 Å². The van der Waals surface area contributed by atoms with Crippen LogP contribution in [0.2, 0.25) is 0 Å². The van der Waals surface area contributed by atoms with Crippen molar-refractivity contribution in [2.24, 2.45) is 5.92 Å². The van der Waals surface area contributed by atoms with Crippen LogP contribution in [-0.2, 0) is 4.79 Å². The Morgan fingerprint density at radius 1 is 1.70 bits per heavy atom. The normalized spacial score (nSPS) is 28.3. The quantitative estimate of drug-likeness (QED) is 0.574. The number of piperidine rings is 1. The summed E-state index contributed by atoms with van der Waals surface area (Å²) in [5.74, 6) is -1.29. The fraction of sp³-hybridized carbons (Fsp3) is 0.833. The SMILES string of the molecule is O=C(O)C1CCCN([O-])C1. The van der Waals surface area contributed by atoms with Crippen LogP contribution in [0.15, 0.2) is 0 Å². The Hall–Kier alpha value is -0.610. The van der Waals surface area contributed by atoms with Gasteiger partial charge in [0.1, 0.15) is 0 Å². The first-order chi connectivity index (χ1) is 4.70. The highest BCUT2D eigenvalue weighted by atomic mass is 16.5. The second-order valence-corrected chi connectivity index (χ2v) is 2.57. The van der Waals surface area contributed by atoms with E-state index in [-0.39, 0.29) is 6.54 Å². The van der Waals surface area contributed by atoms with Crippen LogP contribution < -0.4 is 0 Å². The lowest BCUT2D eigenvalue weighted by Gasteiger charge is -2.35. The second kappa shape index (κ2) is 2.98. The topological polar surface area (TPSA) is 63.6 Å². The molecular weight excluding hydrogens is 134 g/mol. The maximum atomic E-state index is 10.6. The average molecular weight is 144 g/mol. The zero-order valence-electron chi connectivity index (χ0n) is 5.62. The summed E-state index contributed by atoms with van der Waals surface area (Å²) < 4.78 is 0. The lowest BCUT2D eigenvalue weighted by atomic mass is 10.00. The number of hydrogen-bond acceptors (Lipinski definition) is 3. The molecule has 0 spiro atoms. The van der Waals surface area contributed by atoms with E-state index in [9.17, 15) is 10.0 Å². The predicted molar refractivity (Wildman–Crippen MR) is 35.3 cm³/mol. The molecule has 4 heteroatoms. The van der Waals surface area contributed by atoms with Crippen LogP contribution in [0.4, 0.5) is 0 Å². The van der Waals surface area contributed by atoms with Gasteiger partial charge in [-0.25, -0.2) is 0 Å². The van der Waals surface area contributed by atoms with Gasteiger partial charge >= 0.3 is 5.97 Å². The predicted octanol–water partition coefficient (Wildman–Crippen LogP) is 0.281. The highest BCUT2D eigenvalue weighted by Crippen LogP contribution is 2.14. The van der Waals surface area contributed by atoms with Crippen molar-refractivity contribution in [1.82, 2.24) is 5.06 Å². The first kappa shape index (κ1) is 7.50. The van der Waals surface area contributed by atoms with E-state index in [1.54, 1.807) is 0 Å². The Morgan fingerprint density at radius 3 is 2.80 bits per heavy atom. The van der Waals surface area contributed by atoms with Gasteiger partial charge in [-0.15, -0.1) is 0 Å². The number of rotatable bonds is 1. The number of carbonyl (C=O) groups is 1. The molecule has 0 aliphatic carbocycles. The number of hydroxylamine groups is 2. The van der Waals surface area contributed by atoms with E-state index in [2.05, 4.69) is 0 Å². The summed E-state index contributed by atoms with van der Waals surface area (Å²) in [6.07, 6.45) is 1.36. The van der Waals surface area contributed by atoms with Gasteiger partial charge in [0.05, 0.1) is 5.92 Å². The van der Waals surface area contributed by atoms with E-state index in [1.807, 2.05) is 0 Å². The highest BCUT2D eigenvalue weighted by molar-refractivity contribution is 5.70. The molecule has 0 saturated carbocycles. The maximum absolute atomic E-state index is 10.6. The first-order valence-corrected chi connectivity index (χ1v) is 3.35. The Morgan fingerprint density at radius 2 is 2.40 bits per heavy atom. The lowest BCUT2D eigenvalue weighted by molar-refractivity contribution is -0.143. The van der Waals surface area contributed by atoms with Gasteiger partial charge in [-0.2, -0.15) is 0 Å². The van der Waals surface area contributed by atoms with Crippen molar-refractivity contribution >= 4 is 5.97 Å². The molecule has 1 unspecified atom stereocenters. The Labute approximate surface area is 59.0 Å². The molecule has 0 radical (unpaired) electrons. The molecule has 0 aromatic carbocycles. The summed E-state index contributed by atoms with van der Waals surface area (Å²) in [6.45, 7) is 0.652. The van der Waals surface area contributed by atoms with Crippen LogP contribution in [0.1, 0.15) is 12.8 Å². The summed E-state index contributed by atoms with van der Waals surface area (Å²) in [7, 11) is 0. The summed E-state index contributed by atoms with van der Waals surface area (Å²) >= 11 is 0. The van der Waals surface area contributed by atoms with Gasteiger partial charge < -0.3 is 15.4 Å². The van der Waals surface area contributed by atoms with Gasteiger partial charge in [0.15, 0.2) is 0 Å². The van der Waals surface area contributed by atoms with Crippen LogP contribution >= 0.6 is 0 Å². The Balaban J connectivity index is 2.39. The number of nitrogens with zero attached hydrogens (tertiary/aromatic N) is 1. The van der Waals surface area contributed by atoms with Crippen molar-refractivity contribution in [1.29, 1.82) is 0 Å². The molecule has 0 amide bonds. The largest absolute Gasteiger partial charge is 0.785 e. The smallest absolute Gasteiger partial charge is 0.307 e. The van der Waals surface area contributed by atoms with E-state index >= 15 is 0 Å². The van der Waals surface area contributed by atoms with Crippen molar-refractivity contribution in [2.45, 2.75) is 12.8 Å². The van der Waals surface area contributed by atoms with E-state index in [4.69, 9.17) is 5.11 Å². The molecule has 1 rings (SSSR count). The minimum Gasteiger partial charge on any atom is -0.785 e. The van der Waals surface area contributed by atoms with Crippen molar-refractivity contribution in [3.05, 3.63) is 5.21 Å². The van der Waals surface area contributed by atoms with Crippen LogP contribution in [0.5, 0.6) is 0 Å². The lowest BCUT2D eigenvalue weighted by Crippen LogP contribution is -2.34. The molecular formula is C6H10NO3-. The third-order valence-corrected chi connectivity index (χ3v) is 1.73. The van der Waals surface area contributed by atoms with Crippen molar-refractivity contribution in [3.8, 4) is 0 Å². The molecule has 1 aliphatic heterocycles. The number of aliphatic carboxylic acids is 1. The van der Waals surface area contributed by atoms with Crippen LogP contribution in [0, 0.1) is 11.1 Å². The minimum absolute atomic E-state index is 0.162. The number of carboxylic acids is 1. The molecule has 1 aliphatic rings. The maximum Gasteiger partial charge on any atom is 0.307 e. The molecule has 1 atom stereocenters. The van der Waals surface area contributed by atoms with Gasteiger partial charge in [-0.05, 0) is 25.9 Å². The zero-order chi connectivity index (χ0) is 7.56. The zero-order valence-corrected chi connectivity index (χ0v) is 5.62. The first-order valence-electron chi connectivity index (χ1n) is 3.35.